The molecular weight excluding hydrogens is 362 g/mol. The number of aromatic nitrogens is 4. The number of nitrogens with zero attached hydrogens (tertiary/aromatic N) is 4. The second-order valence-corrected chi connectivity index (χ2v) is 9.04. The molecule has 2 aliphatic rings. The molecule has 0 aromatic carbocycles. The van der Waals surface area contributed by atoms with Crippen LogP contribution >= 0.6 is 11.3 Å². The number of thiophene rings is 1. The van der Waals surface area contributed by atoms with Crippen LogP contribution in [0.2, 0.25) is 0 Å². The Kier molecular flexibility index (Phi) is 4.03. The Morgan fingerprint density at radius 2 is 2.15 bits per heavy atom. The molecule has 1 amide bonds. The Balaban J connectivity index is 1.53. The third kappa shape index (κ3) is 2.86. The fourth-order valence-corrected chi connectivity index (χ4v) is 5.79. The summed E-state index contributed by atoms with van der Waals surface area (Å²) < 4.78 is 2.76. The smallest absolute Gasteiger partial charge is 0.352 e. The first-order chi connectivity index (χ1) is 13.1. The van der Waals surface area contributed by atoms with Gasteiger partial charge in [-0.1, -0.05) is 19.8 Å². The molecule has 1 unspecified atom stereocenters. The number of rotatable bonds is 3. The summed E-state index contributed by atoms with van der Waals surface area (Å²) in [5.41, 5.74) is 1.62. The average Bonchev–Trinajstić information content (AvgIpc) is 3.33. The van der Waals surface area contributed by atoms with E-state index in [1.165, 1.54) is 19.5 Å². The van der Waals surface area contributed by atoms with E-state index in [-0.39, 0.29) is 24.2 Å². The highest BCUT2D eigenvalue weighted by Gasteiger charge is 2.25. The van der Waals surface area contributed by atoms with Crippen molar-refractivity contribution in [3.8, 4) is 0 Å². The van der Waals surface area contributed by atoms with Crippen LogP contribution in [0.1, 0.15) is 49.5 Å². The largest absolute Gasteiger partial charge is 0.352 e. The van der Waals surface area contributed by atoms with Gasteiger partial charge in [0, 0.05) is 10.9 Å². The Hall–Kier alpha value is -2.22. The standard InChI is InChI=1S/C19H23N5O2S/c1-11-6-7-13-14(8-11)27-18-16(13)17-22-24(19(26)23(17)10-20-18)9-15(25)21-12-4-2-3-5-12/h10-12H,2-9H2,1H3,(H,21,25). The van der Waals surface area contributed by atoms with E-state index in [2.05, 4.69) is 22.3 Å². The number of nitrogens with one attached hydrogen (secondary N) is 1. The predicted octanol–water partition coefficient (Wildman–Crippen LogP) is 2.29. The second kappa shape index (κ2) is 6.44. The molecule has 0 bridgehead atoms. The molecule has 5 rings (SSSR count). The highest BCUT2D eigenvalue weighted by molar-refractivity contribution is 7.19. The lowest BCUT2D eigenvalue weighted by atomic mass is 9.89. The summed E-state index contributed by atoms with van der Waals surface area (Å²) in [6, 6.07) is 0.240. The number of hydrogen-bond acceptors (Lipinski definition) is 5. The van der Waals surface area contributed by atoms with Crippen LogP contribution in [0.25, 0.3) is 15.9 Å². The van der Waals surface area contributed by atoms with E-state index >= 15 is 0 Å². The van der Waals surface area contributed by atoms with E-state index < -0.39 is 0 Å². The molecule has 1 N–H and O–H groups in total. The van der Waals surface area contributed by atoms with Crippen LogP contribution in [-0.4, -0.2) is 31.1 Å². The van der Waals surface area contributed by atoms with Crippen molar-refractivity contribution in [2.75, 3.05) is 0 Å². The molecule has 3 heterocycles. The van der Waals surface area contributed by atoms with Crippen molar-refractivity contribution in [1.82, 2.24) is 24.5 Å². The van der Waals surface area contributed by atoms with Gasteiger partial charge in [-0.15, -0.1) is 16.4 Å². The summed E-state index contributed by atoms with van der Waals surface area (Å²) in [5, 5.41) is 8.55. The van der Waals surface area contributed by atoms with Gasteiger partial charge in [0.2, 0.25) is 5.91 Å². The van der Waals surface area contributed by atoms with Gasteiger partial charge in [-0.2, -0.15) is 0 Å². The summed E-state index contributed by atoms with van der Waals surface area (Å²) in [4.78, 5) is 31.9. The summed E-state index contributed by atoms with van der Waals surface area (Å²) in [5.74, 6) is 0.540. The summed E-state index contributed by atoms with van der Waals surface area (Å²) in [6.45, 7) is 2.24. The molecule has 3 aromatic heterocycles. The fourth-order valence-electron chi connectivity index (χ4n) is 4.45. The van der Waals surface area contributed by atoms with Gasteiger partial charge < -0.3 is 5.32 Å². The molecule has 2 aliphatic carbocycles. The van der Waals surface area contributed by atoms with Crippen molar-refractivity contribution >= 4 is 33.1 Å². The van der Waals surface area contributed by atoms with Crippen LogP contribution in [0.15, 0.2) is 11.1 Å². The van der Waals surface area contributed by atoms with Crippen LogP contribution in [0.3, 0.4) is 0 Å². The Morgan fingerprint density at radius 3 is 2.96 bits per heavy atom. The topological polar surface area (TPSA) is 81.3 Å². The first-order valence-electron chi connectivity index (χ1n) is 9.78. The van der Waals surface area contributed by atoms with Crippen LogP contribution in [0.4, 0.5) is 0 Å². The number of carbonyl (C=O) groups excluding carboxylic acids is 1. The van der Waals surface area contributed by atoms with Crippen molar-refractivity contribution in [3.63, 3.8) is 0 Å². The van der Waals surface area contributed by atoms with E-state index in [1.807, 2.05) is 0 Å². The minimum atomic E-state index is -0.301. The number of hydrogen-bond donors (Lipinski definition) is 1. The van der Waals surface area contributed by atoms with Crippen LogP contribution in [-0.2, 0) is 24.2 Å². The molecule has 0 radical (unpaired) electrons. The van der Waals surface area contributed by atoms with Gasteiger partial charge in [0.25, 0.3) is 0 Å². The normalized spacial score (nSPS) is 20.4. The van der Waals surface area contributed by atoms with Gasteiger partial charge in [0.05, 0.1) is 5.39 Å². The van der Waals surface area contributed by atoms with Gasteiger partial charge in [0.1, 0.15) is 17.7 Å². The van der Waals surface area contributed by atoms with Crippen molar-refractivity contribution in [1.29, 1.82) is 0 Å². The highest BCUT2D eigenvalue weighted by atomic mass is 32.1. The number of amides is 1. The van der Waals surface area contributed by atoms with Gasteiger partial charge in [-0.25, -0.2) is 18.9 Å². The molecule has 1 atom stereocenters. The van der Waals surface area contributed by atoms with E-state index in [0.29, 0.717) is 11.6 Å². The molecule has 7 nitrogen and oxygen atoms in total. The average molecular weight is 385 g/mol. The number of aryl methyl sites for hydroxylation is 1. The Bertz CT molecular complexity index is 1090. The van der Waals surface area contributed by atoms with Crippen molar-refractivity contribution in [2.45, 2.75) is 64.5 Å². The first kappa shape index (κ1) is 16.9. The lowest BCUT2D eigenvalue weighted by Gasteiger charge is -2.17. The van der Waals surface area contributed by atoms with Gasteiger partial charge in [0.15, 0.2) is 5.65 Å². The minimum absolute atomic E-state index is 0.0398. The molecule has 1 fully saturated rings. The quantitative estimate of drug-likeness (QED) is 0.750. The summed E-state index contributed by atoms with van der Waals surface area (Å²) in [6.07, 6.45) is 9.12. The Morgan fingerprint density at radius 1 is 1.33 bits per heavy atom. The van der Waals surface area contributed by atoms with Crippen LogP contribution in [0, 0.1) is 5.92 Å². The third-order valence-corrected chi connectivity index (χ3v) is 7.05. The predicted molar refractivity (Wildman–Crippen MR) is 104 cm³/mol. The maximum Gasteiger partial charge on any atom is 0.352 e. The van der Waals surface area contributed by atoms with Crippen LogP contribution in [0.5, 0.6) is 0 Å². The zero-order valence-electron chi connectivity index (χ0n) is 15.4. The molecule has 27 heavy (non-hydrogen) atoms. The van der Waals surface area contributed by atoms with Crippen LogP contribution < -0.4 is 11.0 Å². The van der Waals surface area contributed by atoms with Gasteiger partial charge in [-0.3, -0.25) is 4.79 Å². The highest BCUT2D eigenvalue weighted by Crippen LogP contribution is 2.38. The molecular formula is C19H23N5O2S. The molecule has 1 saturated carbocycles. The number of carbonyl (C=O) groups is 1. The van der Waals surface area contributed by atoms with E-state index in [1.54, 1.807) is 17.7 Å². The molecule has 8 heteroatoms. The fraction of sp³-hybridized carbons (Fsp3) is 0.579. The number of fused-ring (bicyclic) bond motifs is 5. The molecule has 3 aromatic rings. The van der Waals surface area contributed by atoms with Crippen molar-refractivity contribution < 1.29 is 4.79 Å². The molecule has 0 aliphatic heterocycles. The van der Waals surface area contributed by atoms with E-state index in [0.717, 1.165) is 55.2 Å². The van der Waals surface area contributed by atoms with E-state index in [4.69, 9.17) is 0 Å². The van der Waals surface area contributed by atoms with E-state index in [9.17, 15) is 9.59 Å². The molecule has 142 valence electrons. The first-order valence-corrected chi connectivity index (χ1v) is 10.6. The zero-order valence-corrected chi connectivity index (χ0v) is 16.2. The van der Waals surface area contributed by atoms with Crippen molar-refractivity contribution in [3.05, 3.63) is 27.3 Å². The Labute approximate surface area is 160 Å². The SMILES string of the molecule is CC1CCc2c(sc3ncn4c(=O)n(CC(=O)NC5CCCC5)nc4c23)C1. The summed E-state index contributed by atoms with van der Waals surface area (Å²) in [7, 11) is 0. The molecule has 0 saturated heterocycles. The van der Waals surface area contributed by atoms with Gasteiger partial charge >= 0.3 is 5.69 Å². The third-order valence-electron chi connectivity index (χ3n) is 5.89. The lowest BCUT2D eigenvalue weighted by molar-refractivity contribution is -0.122. The monoisotopic (exact) mass is 385 g/mol. The van der Waals surface area contributed by atoms with Crippen molar-refractivity contribution in [2.24, 2.45) is 5.92 Å². The zero-order chi connectivity index (χ0) is 18.5. The second-order valence-electron chi connectivity index (χ2n) is 7.96. The van der Waals surface area contributed by atoms with Gasteiger partial charge in [-0.05, 0) is 43.6 Å². The summed E-state index contributed by atoms with van der Waals surface area (Å²) >= 11 is 1.71. The molecule has 0 spiro atoms. The maximum atomic E-state index is 12.7. The maximum absolute atomic E-state index is 12.7. The minimum Gasteiger partial charge on any atom is -0.352 e. The lowest BCUT2D eigenvalue weighted by Crippen LogP contribution is -2.37.